The first-order valence-electron chi connectivity index (χ1n) is 6.82. The van der Waals surface area contributed by atoms with Crippen LogP contribution in [-0.4, -0.2) is 18.5 Å². The van der Waals surface area contributed by atoms with Crippen LogP contribution < -0.4 is 14.8 Å². The second kappa shape index (κ2) is 6.31. The second-order valence-electron chi connectivity index (χ2n) is 4.80. The van der Waals surface area contributed by atoms with E-state index in [-0.39, 0.29) is 24.1 Å². The molecule has 23 heavy (non-hydrogen) atoms. The number of carbonyl (C=O) groups is 2. The number of benzene rings is 2. The van der Waals surface area contributed by atoms with Gasteiger partial charge in [0.05, 0.1) is 5.69 Å². The molecule has 1 N–H and O–H groups in total. The molecule has 1 aliphatic heterocycles. The van der Waals surface area contributed by atoms with Crippen molar-refractivity contribution in [2.24, 2.45) is 0 Å². The molecule has 6 heteroatoms. The van der Waals surface area contributed by atoms with Gasteiger partial charge in [0.25, 0.3) is 5.91 Å². The smallest absolute Gasteiger partial charge is 0.336 e. The van der Waals surface area contributed by atoms with Crippen LogP contribution in [0.15, 0.2) is 48.5 Å². The van der Waals surface area contributed by atoms with E-state index >= 15 is 0 Å². The molecule has 0 spiro atoms. The van der Waals surface area contributed by atoms with Crippen molar-refractivity contribution in [1.82, 2.24) is 0 Å². The molecule has 0 fully saturated rings. The van der Waals surface area contributed by atoms with Crippen LogP contribution in [0, 0.1) is 5.82 Å². The summed E-state index contributed by atoms with van der Waals surface area (Å²) >= 11 is 0. The van der Waals surface area contributed by atoms with Crippen molar-refractivity contribution >= 4 is 23.6 Å². The molecule has 0 aliphatic carbocycles. The van der Waals surface area contributed by atoms with Gasteiger partial charge in [0.1, 0.15) is 17.3 Å². The third-order valence-electron chi connectivity index (χ3n) is 3.08. The van der Waals surface area contributed by atoms with E-state index in [4.69, 9.17) is 9.47 Å². The molecular weight excluding hydrogens is 301 g/mol. The van der Waals surface area contributed by atoms with E-state index in [1.807, 2.05) is 0 Å². The summed E-state index contributed by atoms with van der Waals surface area (Å²) in [5, 5.41) is 2.63. The third kappa shape index (κ3) is 3.74. The molecule has 3 rings (SSSR count). The normalized spacial score (nSPS) is 13.2. The lowest BCUT2D eigenvalue weighted by Gasteiger charge is -2.18. The number of rotatable bonds is 3. The first-order valence-corrected chi connectivity index (χ1v) is 6.82. The number of esters is 1. The number of hydrogen-bond acceptors (Lipinski definition) is 4. The molecule has 0 atom stereocenters. The molecule has 2 aromatic rings. The molecule has 0 saturated heterocycles. The van der Waals surface area contributed by atoms with Crippen molar-refractivity contribution in [2.75, 3.05) is 11.9 Å². The van der Waals surface area contributed by atoms with Crippen LogP contribution in [0.1, 0.15) is 5.56 Å². The van der Waals surface area contributed by atoms with Crippen LogP contribution in [0.4, 0.5) is 10.1 Å². The van der Waals surface area contributed by atoms with Crippen molar-refractivity contribution in [3.05, 3.63) is 59.9 Å². The fourth-order valence-electron chi connectivity index (χ4n) is 2.01. The number of ether oxygens (including phenoxy) is 2. The Morgan fingerprint density at radius 2 is 2.00 bits per heavy atom. The summed E-state index contributed by atoms with van der Waals surface area (Å²) in [6, 6.07) is 10.4. The van der Waals surface area contributed by atoms with Gasteiger partial charge in [-0.1, -0.05) is 12.1 Å². The maximum atomic E-state index is 12.8. The van der Waals surface area contributed by atoms with E-state index in [1.54, 1.807) is 24.3 Å². The Balaban J connectivity index is 1.67. The van der Waals surface area contributed by atoms with Crippen molar-refractivity contribution in [2.45, 2.75) is 0 Å². The van der Waals surface area contributed by atoms with Gasteiger partial charge >= 0.3 is 5.97 Å². The Kier molecular flexibility index (Phi) is 4.05. The van der Waals surface area contributed by atoms with E-state index in [1.165, 1.54) is 30.4 Å². The van der Waals surface area contributed by atoms with Crippen LogP contribution in [-0.2, 0) is 9.59 Å². The summed E-state index contributed by atoms with van der Waals surface area (Å²) in [6.07, 6.45) is 2.76. The molecule has 0 bridgehead atoms. The Morgan fingerprint density at radius 3 is 2.78 bits per heavy atom. The Labute approximate surface area is 131 Å². The minimum Gasteiger partial charge on any atom is -0.482 e. The fourth-order valence-corrected chi connectivity index (χ4v) is 2.01. The summed E-state index contributed by atoms with van der Waals surface area (Å²) < 4.78 is 23.2. The van der Waals surface area contributed by atoms with Crippen LogP contribution >= 0.6 is 0 Å². The lowest BCUT2D eigenvalue weighted by atomic mass is 10.2. The van der Waals surface area contributed by atoms with Crippen molar-refractivity contribution in [3.63, 3.8) is 0 Å². The standard InChI is InChI=1S/C17H12FNO4/c18-12-4-1-11(2-5-12)3-8-17(21)23-13-6-7-15-14(9-13)19-16(20)10-22-15/h1-9H,10H2,(H,19,20)/b8-3+. The van der Waals surface area contributed by atoms with E-state index in [9.17, 15) is 14.0 Å². The number of amides is 1. The number of nitrogens with one attached hydrogen (secondary N) is 1. The van der Waals surface area contributed by atoms with Crippen LogP contribution in [0.5, 0.6) is 11.5 Å². The molecule has 116 valence electrons. The molecular formula is C17H12FNO4. The van der Waals surface area contributed by atoms with Crippen molar-refractivity contribution < 1.29 is 23.5 Å². The summed E-state index contributed by atoms with van der Waals surface area (Å²) in [4.78, 5) is 23.0. The van der Waals surface area contributed by atoms with Gasteiger partial charge in [0, 0.05) is 12.1 Å². The highest BCUT2D eigenvalue weighted by Crippen LogP contribution is 2.31. The van der Waals surface area contributed by atoms with Gasteiger partial charge in [-0.3, -0.25) is 4.79 Å². The Bertz CT molecular complexity index is 784. The van der Waals surface area contributed by atoms with Crippen molar-refractivity contribution in [1.29, 1.82) is 0 Å². The van der Waals surface area contributed by atoms with E-state index in [2.05, 4.69) is 5.32 Å². The predicted molar refractivity (Wildman–Crippen MR) is 81.6 cm³/mol. The highest BCUT2D eigenvalue weighted by Gasteiger charge is 2.16. The first kappa shape index (κ1) is 14.8. The summed E-state index contributed by atoms with van der Waals surface area (Å²) in [5.41, 5.74) is 1.13. The molecule has 2 aromatic carbocycles. The zero-order valence-corrected chi connectivity index (χ0v) is 11.9. The monoisotopic (exact) mass is 313 g/mol. The zero-order valence-electron chi connectivity index (χ0n) is 11.9. The van der Waals surface area contributed by atoms with E-state index < -0.39 is 5.97 Å². The molecule has 0 saturated carbocycles. The lowest BCUT2D eigenvalue weighted by molar-refractivity contribution is -0.128. The second-order valence-corrected chi connectivity index (χ2v) is 4.80. The molecule has 1 amide bonds. The average molecular weight is 313 g/mol. The minimum absolute atomic E-state index is 0.0352. The van der Waals surface area contributed by atoms with Gasteiger partial charge in [0.15, 0.2) is 6.61 Å². The van der Waals surface area contributed by atoms with Gasteiger partial charge < -0.3 is 14.8 Å². The number of fused-ring (bicyclic) bond motifs is 1. The maximum absolute atomic E-state index is 12.8. The topological polar surface area (TPSA) is 64.6 Å². The van der Waals surface area contributed by atoms with Gasteiger partial charge in [-0.05, 0) is 35.9 Å². The van der Waals surface area contributed by atoms with E-state index in [0.717, 1.165) is 0 Å². The van der Waals surface area contributed by atoms with Crippen LogP contribution in [0.25, 0.3) is 6.08 Å². The SMILES string of the molecule is O=C1COc2ccc(OC(=O)/C=C/c3ccc(F)cc3)cc2N1. The largest absolute Gasteiger partial charge is 0.482 e. The minimum atomic E-state index is -0.586. The molecule has 0 aromatic heterocycles. The predicted octanol–water partition coefficient (Wildman–Crippen LogP) is 2.78. The van der Waals surface area contributed by atoms with Gasteiger partial charge in [-0.15, -0.1) is 0 Å². The Hall–Kier alpha value is -3.15. The van der Waals surface area contributed by atoms with Crippen LogP contribution in [0.2, 0.25) is 0 Å². The quantitative estimate of drug-likeness (QED) is 0.537. The summed E-state index contributed by atoms with van der Waals surface area (Å²) in [6.45, 7) is -0.0352. The van der Waals surface area contributed by atoms with Crippen LogP contribution in [0.3, 0.4) is 0 Å². The maximum Gasteiger partial charge on any atom is 0.336 e. The zero-order chi connectivity index (χ0) is 16.2. The summed E-state index contributed by atoms with van der Waals surface area (Å²) in [5.74, 6) is -0.396. The molecule has 1 heterocycles. The number of carbonyl (C=O) groups excluding carboxylic acids is 2. The number of hydrogen-bond donors (Lipinski definition) is 1. The molecule has 0 unspecified atom stereocenters. The first-order chi connectivity index (χ1) is 11.1. The fraction of sp³-hybridized carbons (Fsp3) is 0.0588. The van der Waals surface area contributed by atoms with Gasteiger partial charge in [-0.25, -0.2) is 9.18 Å². The van der Waals surface area contributed by atoms with Gasteiger partial charge in [0.2, 0.25) is 0 Å². The number of halogens is 1. The Morgan fingerprint density at radius 1 is 1.22 bits per heavy atom. The van der Waals surface area contributed by atoms with E-state index in [0.29, 0.717) is 17.0 Å². The third-order valence-corrected chi connectivity index (χ3v) is 3.08. The van der Waals surface area contributed by atoms with Gasteiger partial charge in [-0.2, -0.15) is 0 Å². The molecule has 1 aliphatic rings. The van der Waals surface area contributed by atoms with Crippen molar-refractivity contribution in [3.8, 4) is 11.5 Å². The molecule has 0 radical (unpaired) electrons. The highest BCUT2D eigenvalue weighted by atomic mass is 19.1. The molecule has 5 nitrogen and oxygen atoms in total. The number of anilines is 1. The highest BCUT2D eigenvalue weighted by molar-refractivity contribution is 5.96. The lowest BCUT2D eigenvalue weighted by Crippen LogP contribution is -2.25. The average Bonchev–Trinajstić information content (AvgIpc) is 2.54. The summed E-state index contributed by atoms with van der Waals surface area (Å²) in [7, 11) is 0.